The van der Waals surface area contributed by atoms with Gasteiger partial charge in [-0.1, -0.05) is 61.7 Å². The molecule has 2 amide bonds. The number of Topliss-reactive ketones (excluding diaryl/α,β-unsaturated/α-hetero) is 1. The Labute approximate surface area is 209 Å². The maximum Gasteiger partial charge on any atom is 0.299 e. The first-order chi connectivity index (χ1) is 17.5. The molecule has 2 aromatic carbocycles. The number of hydrogen-bond acceptors (Lipinski definition) is 5. The van der Waals surface area contributed by atoms with Gasteiger partial charge in [-0.05, 0) is 36.6 Å². The van der Waals surface area contributed by atoms with Crippen molar-refractivity contribution in [3.63, 3.8) is 0 Å². The fourth-order valence-corrected chi connectivity index (χ4v) is 5.55. The topological polar surface area (TPSA) is 90.0 Å². The van der Waals surface area contributed by atoms with Crippen molar-refractivity contribution in [2.24, 2.45) is 0 Å². The second-order valence-electron chi connectivity index (χ2n) is 9.73. The quantitative estimate of drug-likeness (QED) is 0.438. The third-order valence-corrected chi connectivity index (χ3v) is 7.41. The molecule has 3 aliphatic rings. The molecule has 188 valence electrons. The number of benzene rings is 2. The average molecular weight is 492 g/mol. The molecule has 0 bridgehead atoms. The van der Waals surface area contributed by atoms with Gasteiger partial charge in [0.15, 0.2) is 0 Å². The Balaban J connectivity index is 1.34. The molecular weight excluding hydrogens is 461 g/mol. The molecule has 7 nitrogen and oxygen atoms in total. The van der Waals surface area contributed by atoms with Gasteiger partial charge in [0.1, 0.15) is 11.9 Å². The van der Waals surface area contributed by atoms with Gasteiger partial charge in [0.05, 0.1) is 23.9 Å². The molecular formula is C28H30FN3O4. The van der Waals surface area contributed by atoms with E-state index in [1.807, 2.05) is 47.4 Å². The minimum absolute atomic E-state index is 0.0119. The summed E-state index contributed by atoms with van der Waals surface area (Å²) < 4.78 is 13.6. The van der Waals surface area contributed by atoms with Crippen molar-refractivity contribution in [3.8, 4) is 0 Å². The minimum Gasteiger partial charge on any atom is -0.395 e. The van der Waals surface area contributed by atoms with Crippen LogP contribution in [0.15, 0.2) is 54.6 Å². The zero-order valence-electron chi connectivity index (χ0n) is 20.0. The summed E-state index contributed by atoms with van der Waals surface area (Å²) in [7, 11) is 0. The van der Waals surface area contributed by atoms with E-state index in [2.05, 4.69) is 5.32 Å². The molecule has 36 heavy (non-hydrogen) atoms. The molecule has 1 unspecified atom stereocenters. The molecule has 0 radical (unpaired) electrons. The van der Waals surface area contributed by atoms with Crippen LogP contribution >= 0.6 is 0 Å². The highest BCUT2D eigenvalue weighted by atomic mass is 19.1. The van der Waals surface area contributed by atoms with E-state index < -0.39 is 29.6 Å². The second kappa shape index (κ2) is 10.3. The van der Waals surface area contributed by atoms with Crippen LogP contribution in [0.2, 0.25) is 0 Å². The van der Waals surface area contributed by atoms with Gasteiger partial charge in [-0.3, -0.25) is 19.7 Å². The van der Waals surface area contributed by atoms with E-state index in [-0.39, 0.29) is 36.7 Å². The van der Waals surface area contributed by atoms with Crippen LogP contribution in [0.3, 0.4) is 0 Å². The number of halogens is 1. The maximum absolute atomic E-state index is 13.6. The largest absolute Gasteiger partial charge is 0.395 e. The van der Waals surface area contributed by atoms with E-state index in [1.54, 1.807) is 0 Å². The van der Waals surface area contributed by atoms with E-state index >= 15 is 0 Å². The first-order valence-electron chi connectivity index (χ1n) is 12.6. The first kappa shape index (κ1) is 24.3. The van der Waals surface area contributed by atoms with Crippen molar-refractivity contribution in [2.45, 2.75) is 56.3 Å². The number of fused-ring (bicyclic) bond motifs is 1. The van der Waals surface area contributed by atoms with Crippen LogP contribution in [-0.4, -0.2) is 64.9 Å². The van der Waals surface area contributed by atoms with Crippen molar-refractivity contribution in [1.82, 2.24) is 10.2 Å². The highest BCUT2D eigenvalue weighted by Gasteiger charge is 2.50. The molecule has 2 heterocycles. The highest BCUT2D eigenvalue weighted by Crippen LogP contribution is 2.33. The fraction of sp³-hybridized carbons (Fsp3) is 0.393. The molecule has 1 saturated heterocycles. The van der Waals surface area contributed by atoms with Crippen LogP contribution in [0.4, 0.5) is 10.1 Å². The van der Waals surface area contributed by atoms with Gasteiger partial charge in [-0.25, -0.2) is 4.39 Å². The van der Waals surface area contributed by atoms with Crippen LogP contribution in [0.25, 0.3) is 6.08 Å². The zero-order chi connectivity index (χ0) is 25.2. The molecule has 8 heteroatoms. The third kappa shape index (κ3) is 4.58. The standard InChI is InChI=1S/C28H30FN3O4/c29-19-12-14-23-22(15-19)26(34)28(36)31(23)16-20(17-33)30-25-24(13-11-18-7-3-1-4-8-18)32(27(25)35)21-9-5-2-6-10-21/h1,3-4,7-8,11-15,20-21,24-25,30,33H,2,5-6,9-10,16-17H2/b13-11+/t20?,24-,25+/m1/s1. The van der Waals surface area contributed by atoms with Crippen molar-refractivity contribution >= 4 is 29.4 Å². The number of carbonyl (C=O) groups is 3. The summed E-state index contributed by atoms with van der Waals surface area (Å²) in [5, 5.41) is 13.3. The molecule has 1 aliphatic carbocycles. The monoisotopic (exact) mass is 491 g/mol. The Morgan fingerprint density at radius 3 is 2.53 bits per heavy atom. The van der Waals surface area contributed by atoms with Gasteiger partial charge in [0, 0.05) is 18.6 Å². The third-order valence-electron chi connectivity index (χ3n) is 7.41. The predicted octanol–water partition coefficient (Wildman–Crippen LogP) is 2.93. The summed E-state index contributed by atoms with van der Waals surface area (Å²) in [5.74, 6) is -2.15. The smallest absolute Gasteiger partial charge is 0.299 e. The molecule has 1 saturated carbocycles. The van der Waals surface area contributed by atoms with Gasteiger partial charge < -0.3 is 14.9 Å². The molecule has 2 N–H and O–H groups in total. The Bertz CT molecular complexity index is 1180. The van der Waals surface area contributed by atoms with Crippen molar-refractivity contribution < 1.29 is 23.9 Å². The van der Waals surface area contributed by atoms with Crippen LogP contribution < -0.4 is 10.2 Å². The van der Waals surface area contributed by atoms with Crippen LogP contribution in [0, 0.1) is 5.82 Å². The molecule has 2 fully saturated rings. The summed E-state index contributed by atoms with van der Waals surface area (Å²) in [6, 6.07) is 12.3. The predicted molar refractivity (Wildman–Crippen MR) is 134 cm³/mol. The number of amides is 2. The lowest BCUT2D eigenvalue weighted by molar-refractivity contribution is -0.154. The number of nitrogens with zero attached hydrogens (tertiary/aromatic N) is 2. The second-order valence-corrected chi connectivity index (χ2v) is 9.73. The summed E-state index contributed by atoms with van der Waals surface area (Å²) in [6.45, 7) is -0.348. The van der Waals surface area contributed by atoms with Gasteiger partial charge in [0.2, 0.25) is 5.91 Å². The number of ketones is 1. The Kier molecular flexibility index (Phi) is 6.98. The number of anilines is 1. The van der Waals surface area contributed by atoms with Crippen molar-refractivity contribution in [2.75, 3.05) is 18.1 Å². The Morgan fingerprint density at radius 2 is 1.81 bits per heavy atom. The molecule has 2 aliphatic heterocycles. The van der Waals surface area contributed by atoms with E-state index in [0.717, 1.165) is 37.3 Å². The minimum atomic E-state index is -0.770. The SMILES string of the molecule is O=C1C(=O)N(CC(CO)N[C@@H]2C(=O)N(C3CCCCC3)[C@@H]2/C=C/c2ccccc2)c2ccc(F)cc21. The number of likely N-dealkylation sites (tertiary alicyclic amines) is 1. The van der Waals surface area contributed by atoms with Gasteiger partial charge in [0.25, 0.3) is 11.7 Å². The first-order valence-corrected chi connectivity index (χ1v) is 12.6. The zero-order valence-corrected chi connectivity index (χ0v) is 20.0. The Morgan fingerprint density at radius 1 is 1.06 bits per heavy atom. The fourth-order valence-electron chi connectivity index (χ4n) is 5.55. The summed E-state index contributed by atoms with van der Waals surface area (Å²) in [6.07, 6.45) is 9.39. The molecule has 5 rings (SSSR count). The number of hydrogen-bond donors (Lipinski definition) is 2. The van der Waals surface area contributed by atoms with Crippen LogP contribution in [-0.2, 0) is 9.59 Å². The molecule has 0 aromatic heterocycles. The average Bonchev–Trinajstić information content (AvgIpc) is 3.13. The number of aliphatic hydroxyl groups excluding tert-OH is 1. The maximum atomic E-state index is 13.6. The number of β-lactam (4-membered cyclic amide) rings is 1. The summed E-state index contributed by atoms with van der Waals surface area (Å²) in [4.78, 5) is 41.4. The summed E-state index contributed by atoms with van der Waals surface area (Å²) >= 11 is 0. The highest BCUT2D eigenvalue weighted by molar-refractivity contribution is 6.52. The number of rotatable bonds is 8. The van der Waals surface area contributed by atoms with E-state index in [4.69, 9.17) is 0 Å². The number of aliphatic hydroxyl groups is 1. The van der Waals surface area contributed by atoms with Gasteiger partial charge >= 0.3 is 0 Å². The summed E-state index contributed by atoms with van der Waals surface area (Å²) in [5.41, 5.74) is 1.36. The van der Waals surface area contributed by atoms with Crippen molar-refractivity contribution in [1.29, 1.82) is 0 Å². The molecule has 3 atom stereocenters. The molecule has 0 spiro atoms. The van der Waals surface area contributed by atoms with E-state index in [0.29, 0.717) is 5.69 Å². The van der Waals surface area contributed by atoms with Crippen LogP contribution in [0.1, 0.15) is 48.0 Å². The number of carbonyl (C=O) groups excluding carboxylic acids is 3. The van der Waals surface area contributed by atoms with Crippen LogP contribution in [0.5, 0.6) is 0 Å². The lowest BCUT2D eigenvalue weighted by Crippen LogP contribution is -2.73. The number of nitrogens with one attached hydrogen (secondary N) is 1. The normalized spacial score (nSPS) is 23.3. The Hall–Kier alpha value is -3.36. The van der Waals surface area contributed by atoms with E-state index in [9.17, 15) is 23.9 Å². The molecule has 2 aromatic rings. The van der Waals surface area contributed by atoms with Gasteiger partial charge in [-0.15, -0.1) is 0 Å². The van der Waals surface area contributed by atoms with E-state index in [1.165, 1.54) is 23.5 Å². The lowest BCUT2D eigenvalue weighted by atomic mass is 9.85. The van der Waals surface area contributed by atoms with Gasteiger partial charge in [-0.2, -0.15) is 0 Å². The lowest BCUT2D eigenvalue weighted by Gasteiger charge is -2.52. The van der Waals surface area contributed by atoms with Crippen molar-refractivity contribution in [3.05, 3.63) is 71.6 Å².